The van der Waals surface area contributed by atoms with Crippen LogP contribution in [0.5, 0.6) is 11.5 Å². The molecule has 0 saturated heterocycles. The third kappa shape index (κ3) is 3.05. The number of nitro groups is 1. The number of nitrogens with zero attached hydrogens (tertiary/aromatic N) is 1. The predicted octanol–water partition coefficient (Wildman–Crippen LogP) is 1.32. The fraction of sp³-hybridized carbons (Fsp3) is 0.462. The molecule has 2 rings (SSSR count). The van der Waals surface area contributed by atoms with Crippen molar-refractivity contribution in [3.8, 4) is 11.5 Å². The minimum Gasteiger partial charge on any atom is -0.490 e. The number of ether oxygens (including phenoxy) is 2. The fourth-order valence-corrected chi connectivity index (χ4v) is 2.40. The van der Waals surface area contributed by atoms with Crippen molar-refractivity contribution < 1.29 is 24.3 Å². The Morgan fingerprint density at radius 2 is 2.29 bits per heavy atom. The molecule has 1 aromatic rings. The van der Waals surface area contributed by atoms with Crippen molar-refractivity contribution in [2.45, 2.75) is 30.9 Å². The van der Waals surface area contributed by atoms with Gasteiger partial charge in [-0.25, -0.2) is 0 Å². The van der Waals surface area contributed by atoms with Crippen LogP contribution in [-0.2, 0) is 4.79 Å². The molecule has 2 atom stereocenters. The zero-order chi connectivity index (χ0) is 15.6. The minimum absolute atomic E-state index is 0.137. The van der Waals surface area contributed by atoms with Gasteiger partial charge in [0.1, 0.15) is 17.4 Å². The SMILES string of the molecule is COc1ccc(OC2CCC(N)(C(=O)O)C2)cc1[N+](=O)[O-]. The van der Waals surface area contributed by atoms with Gasteiger partial charge in [-0.1, -0.05) is 0 Å². The van der Waals surface area contributed by atoms with E-state index in [9.17, 15) is 14.9 Å². The van der Waals surface area contributed by atoms with Crippen LogP contribution in [0.15, 0.2) is 18.2 Å². The number of methoxy groups -OCH3 is 1. The lowest BCUT2D eigenvalue weighted by Gasteiger charge is -2.18. The fourth-order valence-electron chi connectivity index (χ4n) is 2.40. The number of carboxylic acids is 1. The highest BCUT2D eigenvalue weighted by Gasteiger charge is 2.43. The van der Waals surface area contributed by atoms with Crippen LogP contribution >= 0.6 is 0 Å². The molecule has 0 aromatic heterocycles. The average molecular weight is 296 g/mol. The topological polar surface area (TPSA) is 125 Å². The Labute approximate surface area is 120 Å². The highest BCUT2D eigenvalue weighted by Crippen LogP contribution is 2.35. The van der Waals surface area contributed by atoms with Crippen LogP contribution in [0.1, 0.15) is 19.3 Å². The van der Waals surface area contributed by atoms with Crippen LogP contribution in [0.2, 0.25) is 0 Å². The van der Waals surface area contributed by atoms with Gasteiger partial charge in [-0.15, -0.1) is 0 Å². The molecule has 0 aliphatic heterocycles. The van der Waals surface area contributed by atoms with Crippen molar-refractivity contribution in [2.75, 3.05) is 7.11 Å². The van der Waals surface area contributed by atoms with Crippen LogP contribution in [0.25, 0.3) is 0 Å². The Kier molecular flexibility index (Phi) is 3.99. The molecule has 0 amide bonds. The lowest BCUT2D eigenvalue weighted by molar-refractivity contribution is -0.385. The molecule has 0 radical (unpaired) electrons. The molecule has 1 aromatic carbocycles. The first-order valence-electron chi connectivity index (χ1n) is 6.37. The normalized spacial score (nSPS) is 24.6. The number of benzene rings is 1. The van der Waals surface area contributed by atoms with Crippen LogP contribution in [-0.4, -0.2) is 34.8 Å². The maximum Gasteiger partial charge on any atom is 0.323 e. The van der Waals surface area contributed by atoms with Gasteiger partial charge < -0.3 is 20.3 Å². The van der Waals surface area contributed by atoms with Gasteiger partial charge in [0, 0.05) is 6.42 Å². The highest BCUT2D eigenvalue weighted by molar-refractivity contribution is 5.79. The maximum absolute atomic E-state index is 11.1. The number of aliphatic carboxylic acids is 1. The molecule has 21 heavy (non-hydrogen) atoms. The van der Waals surface area contributed by atoms with Gasteiger partial charge in [-0.3, -0.25) is 14.9 Å². The Morgan fingerprint density at radius 1 is 1.57 bits per heavy atom. The van der Waals surface area contributed by atoms with Crippen molar-refractivity contribution >= 4 is 11.7 Å². The van der Waals surface area contributed by atoms with Gasteiger partial charge >= 0.3 is 11.7 Å². The van der Waals surface area contributed by atoms with Crippen LogP contribution in [0.3, 0.4) is 0 Å². The van der Waals surface area contributed by atoms with Gasteiger partial charge in [0.15, 0.2) is 5.75 Å². The van der Waals surface area contributed by atoms with Crippen molar-refractivity contribution in [2.24, 2.45) is 5.73 Å². The van der Waals surface area contributed by atoms with E-state index in [0.29, 0.717) is 18.6 Å². The molecule has 114 valence electrons. The summed E-state index contributed by atoms with van der Waals surface area (Å²) in [4.78, 5) is 21.4. The molecule has 8 heteroatoms. The second-order valence-electron chi connectivity index (χ2n) is 5.03. The minimum atomic E-state index is -1.29. The van der Waals surface area contributed by atoms with Gasteiger partial charge in [0.25, 0.3) is 0 Å². The summed E-state index contributed by atoms with van der Waals surface area (Å²) in [7, 11) is 1.34. The first kappa shape index (κ1) is 15.0. The Morgan fingerprint density at radius 3 is 2.81 bits per heavy atom. The molecule has 1 aliphatic rings. The van der Waals surface area contributed by atoms with Crippen LogP contribution in [0.4, 0.5) is 5.69 Å². The highest BCUT2D eigenvalue weighted by atomic mass is 16.6. The van der Waals surface area contributed by atoms with Crippen LogP contribution in [0, 0.1) is 10.1 Å². The first-order chi connectivity index (χ1) is 9.85. The zero-order valence-electron chi connectivity index (χ0n) is 11.4. The summed E-state index contributed by atoms with van der Waals surface area (Å²) in [6.07, 6.45) is 0.592. The molecular weight excluding hydrogens is 280 g/mol. The molecule has 0 heterocycles. The smallest absolute Gasteiger partial charge is 0.323 e. The number of nitro benzene ring substituents is 1. The second-order valence-corrected chi connectivity index (χ2v) is 5.03. The van der Waals surface area contributed by atoms with E-state index in [1.807, 2.05) is 0 Å². The first-order valence-corrected chi connectivity index (χ1v) is 6.37. The zero-order valence-corrected chi connectivity index (χ0v) is 11.4. The van der Waals surface area contributed by atoms with E-state index in [-0.39, 0.29) is 24.0 Å². The predicted molar refractivity (Wildman–Crippen MR) is 72.5 cm³/mol. The average Bonchev–Trinajstić information content (AvgIpc) is 2.81. The van der Waals surface area contributed by atoms with Crippen molar-refractivity contribution in [3.63, 3.8) is 0 Å². The number of carboxylic acid groups (broad SMARTS) is 1. The lowest BCUT2D eigenvalue weighted by atomic mass is 10.00. The van der Waals surface area contributed by atoms with E-state index in [2.05, 4.69) is 0 Å². The Hall–Kier alpha value is -2.35. The summed E-state index contributed by atoms with van der Waals surface area (Å²) in [5.74, 6) is -0.631. The van der Waals surface area contributed by atoms with Gasteiger partial charge in [0.2, 0.25) is 0 Å². The quantitative estimate of drug-likeness (QED) is 0.620. The molecule has 0 bridgehead atoms. The summed E-state index contributed by atoms with van der Waals surface area (Å²) in [6, 6.07) is 4.24. The molecule has 2 unspecified atom stereocenters. The van der Waals surface area contributed by atoms with Crippen LogP contribution < -0.4 is 15.2 Å². The van der Waals surface area contributed by atoms with Crippen molar-refractivity contribution in [1.29, 1.82) is 0 Å². The van der Waals surface area contributed by atoms with Gasteiger partial charge in [-0.05, 0) is 25.0 Å². The van der Waals surface area contributed by atoms with E-state index in [1.54, 1.807) is 6.07 Å². The summed E-state index contributed by atoms with van der Waals surface area (Å²) in [5.41, 5.74) is 4.27. The standard InChI is InChI=1S/C13H16N2O6/c1-20-11-3-2-8(6-10(11)15(18)19)21-9-4-5-13(14,7-9)12(16)17/h2-3,6,9H,4-5,7,14H2,1H3,(H,16,17). The van der Waals surface area contributed by atoms with E-state index in [0.717, 1.165) is 0 Å². The molecule has 3 N–H and O–H groups in total. The molecule has 1 fully saturated rings. The number of hydrogen-bond acceptors (Lipinski definition) is 6. The summed E-state index contributed by atoms with van der Waals surface area (Å²) in [6.45, 7) is 0. The summed E-state index contributed by atoms with van der Waals surface area (Å²) in [5, 5.41) is 20.0. The van der Waals surface area contributed by atoms with Gasteiger partial charge in [-0.2, -0.15) is 0 Å². The number of rotatable bonds is 5. The van der Waals surface area contributed by atoms with E-state index >= 15 is 0 Å². The number of nitrogens with two attached hydrogens (primary N) is 1. The van der Waals surface area contributed by atoms with E-state index in [1.165, 1.54) is 19.2 Å². The second kappa shape index (κ2) is 5.57. The summed E-state index contributed by atoms with van der Waals surface area (Å²) >= 11 is 0. The Bertz CT molecular complexity index is 576. The summed E-state index contributed by atoms with van der Waals surface area (Å²) < 4.78 is 10.5. The monoisotopic (exact) mass is 296 g/mol. The van der Waals surface area contributed by atoms with E-state index < -0.39 is 16.4 Å². The molecule has 8 nitrogen and oxygen atoms in total. The number of carbonyl (C=O) groups is 1. The number of hydrogen-bond donors (Lipinski definition) is 2. The molecular formula is C13H16N2O6. The van der Waals surface area contributed by atoms with Gasteiger partial charge in [0.05, 0.1) is 18.1 Å². The molecule has 0 spiro atoms. The van der Waals surface area contributed by atoms with Crippen molar-refractivity contribution in [1.82, 2.24) is 0 Å². The maximum atomic E-state index is 11.1. The molecule has 1 aliphatic carbocycles. The molecule has 1 saturated carbocycles. The van der Waals surface area contributed by atoms with E-state index in [4.69, 9.17) is 20.3 Å². The third-order valence-corrected chi connectivity index (χ3v) is 3.58. The Balaban J connectivity index is 2.13. The van der Waals surface area contributed by atoms with Crippen molar-refractivity contribution in [3.05, 3.63) is 28.3 Å². The largest absolute Gasteiger partial charge is 0.490 e. The third-order valence-electron chi connectivity index (χ3n) is 3.58. The lowest BCUT2D eigenvalue weighted by Crippen LogP contribution is -2.46.